The van der Waals surface area contributed by atoms with E-state index >= 15 is 0 Å². The van der Waals surface area contributed by atoms with Crippen LogP contribution in [0, 0.1) is 0 Å². The number of halogens is 1. The van der Waals surface area contributed by atoms with E-state index in [9.17, 15) is 4.79 Å². The van der Waals surface area contributed by atoms with E-state index in [2.05, 4.69) is 15.3 Å². The number of nitrogens with one attached hydrogen (secondary N) is 2. The predicted molar refractivity (Wildman–Crippen MR) is 72.8 cm³/mol. The number of aromatic amines is 1. The molecule has 94 valence electrons. The average molecular weight is 265 g/mol. The lowest BCUT2D eigenvalue weighted by Crippen LogP contribution is -2.14. The van der Waals surface area contributed by atoms with E-state index in [4.69, 9.17) is 17.3 Å². The molecule has 0 saturated carbocycles. The molecule has 0 spiro atoms. The Morgan fingerprint density at radius 3 is 2.72 bits per heavy atom. The highest BCUT2D eigenvalue weighted by atomic mass is 35.5. The van der Waals surface area contributed by atoms with E-state index in [1.165, 1.54) is 6.33 Å². The first-order valence-electron chi connectivity index (χ1n) is 5.43. The summed E-state index contributed by atoms with van der Waals surface area (Å²) in [5.74, 6) is 0.366. The Balaban J connectivity index is 2.21. The molecule has 1 heterocycles. The molecule has 0 radical (unpaired) electrons. The van der Waals surface area contributed by atoms with Gasteiger partial charge in [0.2, 0.25) is 0 Å². The molecule has 0 amide bonds. The summed E-state index contributed by atoms with van der Waals surface area (Å²) in [4.78, 5) is 17.7. The van der Waals surface area contributed by atoms with Crippen molar-refractivity contribution in [2.75, 3.05) is 11.1 Å². The van der Waals surface area contributed by atoms with E-state index < -0.39 is 0 Å². The number of rotatable bonds is 3. The Kier molecular flexibility index (Phi) is 3.53. The number of nitrogens with two attached hydrogens (primary N) is 1. The fourth-order valence-corrected chi connectivity index (χ4v) is 1.71. The van der Waals surface area contributed by atoms with Crippen LogP contribution in [0.3, 0.4) is 0 Å². The Hall–Kier alpha value is -2.01. The quantitative estimate of drug-likeness (QED) is 0.742. The van der Waals surface area contributed by atoms with Gasteiger partial charge in [0.1, 0.15) is 5.02 Å². The molecule has 1 atom stereocenters. The summed E-state index contributed by atoms with van der Waals surface area (Å²) in [5, 5.41) is 3.14. The molecular formula is C12H13ClN4O. The number of benzene rings is 1. The van der Waals surface area contributed by atoms with E-state index in [0.717, 1.165) is 5.56 Å². The van der Waals surface area contributed by atoms with Crippen molar-refractivity contribution in [3.63, 3.8) is 0 Å². The van der Waals surface area contributed by atoms with Crippen LogP contribution in [-0.4, -0.2) is 9.97 Å². The van der Waals surface area contributed by atoms with Crippen molar-refractivity contribution >= 4 is 23.1 Å². The van der Waals surface area contributed by atoms with Crippen molar-refractivity contribution in [2.24, 2.45) is 0 Å². The molecule has 4 N–H and O–H groups in total. The van der Waals surface area contributed by atoms with Crippen molar-refractivity contribution < 1.29 is 0 Å². The van der Waals surface area contributed by atoms with Gasteiger partial charge in [-0.15, -0.1) is 0 Å². The number of H-pyrrole nitrogens is 1. The Morgan fingerprint density at radius 2 is 2.06 bits per heavy atom. The molecule has 2 aromatic rings. The van der Waals surface area contributed by atoms with Gasteiger partial charge in [0.25, 0.3) is 5.56 Å². The molecule has 1 unspecified atom stereocenters. The topological polar surface area (TPSA) is 83.8 Å². The van der Waals surface area contributed by atoms with Gasteiger partial charge in [0.15, 0.2) is 5.82 Å². The van der Waals surface area contributed by atoms with Crippen molar-refractivity contribution in [1.29, 1.82) is 0 Å². The van der Waals surface area contributed by atoms with Crippen LogP contribution in [0.5, 0.6) is 0 Å². The lowest BCUT2D eigenvalue weighted by atomic mass is 10.1. The summed E-state index contributed by atoms with van der Waals surface area (Å²) in [6.07, 6.45) is 1.31. The largest absolute Gasteiger partial charge is 0.399 e. The Labute approximate surface area is 109 Å². The van der Waals surface area contributed by atoms with E-state index in [1.807, 2.05) is 31.2 Å². The first-order chi connectivity index (χ1) is 8.58. The van der Waals surface area contributed by atoms with Gasteiger partial charge in [0, 0.05) is 11.7 Å². The second-order valence-corrected chi connectivity index (χ2v) is 4.30. The lowest BCUT2D eigenvalue weighted by Gasteiger charge is -2.15. The number of nitrogen functional groups attached to an aromatic ring is 1. The van der Waals surface area contributed by atoms with Gasteiger partial charge >= 0.3 is 0 Å². The maximum Gasteiger partial charge on any atom is 0.271 e. The van der Waals surface area contributed by atoms with Gasteiger partial charge in [0.05, 0.1) is 6.33 Å². The molecule has 0 saturated heterocycles. The average Bonchev–Trinajstić information content (AvgIpc) is 2.36. The SMILES string of the molecule is CC(Nc1nc[nH]c(=O)c1Cl)c1ccc(N)cc1. The second kappa shape index (κ2) is 5.10. The van der Waals surface area contributed by atoms with Crippen LogP contribution in [0.1, 0.15) is 18.5 Å². The molecule has 0 aliphatic rings. The third kappa shape index (κ3) is 2.62. The monoisotopic (exact) mass is 264 g/mol. The molecular weight excluding hydrogens is 252 g/mol. The first kappa shape index (κ1) is 12.4. The van der Waals surface area contributed by atoms with Gasteiger partial charge in [-0.1, -0.05) is 23.7 Å². The third-order valence-corrected chi connectivity index (χ3v) is 2.94. The molecule has 6 heteroatoms. The number of hydrogen-bond donors (Lipinski definition) is 3. The molecule has 0 fully saturated rings. The van der Waals surface area contributed by atoms with Gasteiger partial charge in [-0.3, -0.25) is 4.79 Å². The van der Waals surface area contributed by atoms with Crippen molar-refractivity contribution in [3.8, 4) is 0 Å². The molecule has 0 aliphatic carbocycles. The molecule has 18 heavy (non-hydrogen) atoms. The van der Waals surface area contributed by atoms with Crippen LogP contribution < -0.4 is 16.6 Å². The van der Waals surface area contributed by atoms with Crippen LogP contribution in [0.4, 0.5) is 11.5 Å². The fourth-order valence-electron chi connectivity index (χ4n) is 1.56. The number of hydrogen-bond acceptors (Lipinski definition) is 4. The zero-order valence-corrected chi connectivity index (χ0v) is 10.5. The smallest absolute Gasteiger partial charge is 0.271 e. The molecule has 0 aliphatic heterocycles. The normalized spacial score (nSPS) is 12.1. The maximum atomic E-state index is 11.3. The van der Waals surface area contributed by atoms with Crippen molar-refractivity contribution in [2.45, 2.75) is 13.0 Å². The highest BCUT2D eigenvalue weighted by molar-refractivity contribution is 6.32. The number of anilines is 2. The molecule has 2 rings (SSSR count). The molecule has 0 bridgehead atoms. The highest BCUT2D eigenvalue weighted by Crippen LogP contribution is 2.21. The van der Waals surface area contributed by atoms with Gasteiger partial charge in [-0.25, -0.2) is 4.98 Å². The second-order valence-electron chi connectivity index (χ2n) is 3.93. The Bertz CT molecular complexity index is 594. The maximum absolute atomic E-state index is 11.3. The molecule has 5 nitrogen and oxygen atoms in total. The molecule has 1 aromatic heterocycles. The zero-order valence-electron chi connectivity index (χ0n) is 9.77. The van der Waals surface area contributed by atoms with Crippen LogP contribution >= 0.6 is 11.6 Å². The van der Waals surface area contributed by atoms with E-state index in [-0.39, 0.29) is 16.6 Å². The van der Waals surface area contributed by atoms with Crippen LogP contribution in [0.2, 0.25) is 5.02 Å². The third-order valence-electron chi connectivity index (χ3n) is 2.59. The van der Waals surface area contributed by atoms with Gasteiger partial charge in [-0.2, -0.15) is 0 Å². The Morgan fingerprint density at radius 1 is 1.39 bits per heavy atom. The highest BCUT2D eigenvalue weighted by Gasteiger charge is 2.10. The summed E-state index contributed by atoms with van der Waals surface area (Å²) in [5.41, 5.74) is 7.00. The van der Waals surface area contributed by atoms with Crippen LogP contribution in [-0.2, 0) is 0 Å². The van der Waals surface area contributed by atoms with E-state index in [0.29, 0.717) is 11.5 Å². The van der Waals surface area contributed by atoms with Crippen molar-refractivity contribution in [1.82, 2.24) is 9.97 Å². The molecule has 1 aromatic carbocycles. The van der Waals surface area contributed by atoms with Gasteiger partial charge < -0.3 is 16.0 Å². The lowest BCUT2D eigenvalue weighted by molar-refractivity contribution is 0.870. The number of aromatic nitrogens is 2. The minimum Gasteiger partial charge on any atom is -0.399 e. The minimum atomic E-state index is -0.362. The van der Waals surface area contributed by atoms with Crippen LogP contribution in [0.25, 0.3) is 0 Å². The summed E-state index contributed by atoms with van der Waals surface area (Å²) in [6.45, 7) is 1.95. The fraction of sp³-hybridized carbons (Fsp3) is 0.167. The van der Waals surface area contributed by atoms with Crippen molar-refractivity contribution in [3.05, 3.63) is 51.5 Å². The summed E-state index contributed by atoms with van der Waals surface area (Å²) < 4.78 is 0. The standard InChI is InChI=1S/C12H13ClN4O/c1-7(8-2-4-9(14)5-3-8)17-11-10(13)12(18)16-6-15-11/h2-7H,14H2,1H3,(H2,15,16,17,18). The minimum absolute atomic E-state index is 0.0302. The zero-order chi connectivity index (χ0) is 13.1. The summed E-state index contributed by atoms with van der Waals surface area (Å²) in [6, 6.07) is 7.43. The first-order valence-corrected chi connectivity index (χ1v) is 5.81. The van der Waals surface area contributed by atoms with E-state index in [1.54, 1.807) is 0 Å². The van der Waals surface area contributed by atoms with Crippen LogP contribution in [0.15, 0.2) is 35.4 Å². The van der Waals surface area contributed by atoms with Gasteiger partial charge in [-0.05, 0) is 24.6 Å². The summed E-state index contributed by atoms with van der Waals surface area (Å²) in [7, 11) is 0. The number of nitrogens with zero attached hydrogens (tertiary/aromatic N) is 1. The predicted octanol–water partition coefficient (Wildman–Crippen LogP) is 2.18. The summed E-state index contributed by atoms with van der Waals surface area (Å²) >= 11 is 5.86.